The van der Waals surface area contributed by atoms with Crippen LogP contribution >= 0.6 is 11.3 Å². The van der Waals surface area contributed by atoms with E-state index in [4.69, 9.17) is 0 Å². The van der Waals surface area contributed by atoms with Gasteiger partial charge in [0.25, 0.3) is 0 Å². The summed E-state index contributed by atoms with van der Waals surface area (Å²) in [6, 6.07) is 1.32. The molecule has 0 aliphatic heterocycles. The molecule has 0 fully saturated rings. The zero-order valence-corrected chi connectivity index (χ0v) is 11.8. The molecule has 0 aliphatic carbocycles. The monoisotopic (exact) mass is 352 g/mol. The lowest BCUT2D eigenvalue weighted by molar-refractivity contribution is -0.141. The van der Waals surface area contributed by atoms with Gasteiger partial charge >= 0.3 is 12.4 Å². The van der Waals surface area contributed by atoms with E-state index in [2.05, 4.69) is 15.1 Å². The molecular formula is C12H6F6N4S. The van der Waals surface area contributed by atoms with E-state index in [1.165, 1.54) is 12.3 Å². The van der Waals surface area contributed by atoms with E-state index >= 15 is 0 Å². The molecule has 0 unspecified atom stereocenters. The lowest BCUT2D eigenvalue weighted by Gasteiger charge is -2.02. The van der Waals surface area contributed by atoms with Gasteiger partial charge in [0.15, 0.2) is 11.4 Å². The van der Waals surface area contributed by atoms with Crippen molar-refractivity contribution in [1.82, 2.24) is 19.7 Å². The topological polar surface area (TPSA) is 43.6 Å². The molecule has 0 radical (unpaired) electrons. The van der Waals surface area contributed by atoms with Crippen LogP contribution in [0.4, 0.5) is 26.3 Å². The van der Waals surface area contributed by atoms with Gasteiger partial charge in [-0.1, -0.05) is 0 Å². The third kappa shape index (κ3) is 3.00. The first-order chi connectivity index (χ1) is 10.7. The summed E-state index contributed by atoms with van der Waals surface area (Å²) < 4.78 is 77.4. The lowest BCUT2D eigenvalue weighted by Crippen LogP contribution is -2.09. The first-order valence-electron chi connectivity index (χ1n) is 6.05. The highest BCUT2D eigenvalue weighted by Gasteiger charge is 2.37. The molecule has 0 amide bonds. The highest BCUT2D eigenvalue weighted by atomic mass is 32.1. The molecule has 11 heteroatoms. The van der Waals surface area contributed by atoms with Crippen LogP contribution in [-0.2, 0) is 18.9 Å². The molecular weight excluding hydrogens is 346 g/mol. The molecule has 3 heterocycles. The summed E-state index contributed by atoms with van der Waals surface area (Å²) in [5, 5.41) is 4.07. The summed E-state index contributed by atoms with van der Waals surface area (Å²) in [5.74, 6) is 0. The normalized spacial score (nSPS) is 13.0. The molecule has 23 heavy (non-hydrogen) atoms. The Kier molecular flexibility index (Phi) is 3.54. The molecule has 0 bridgehead atoms. The van der Waals surface area contributed by atoms with Crippen LogP contribution < -0.4 is 0 Å². The summed E-state index contributed by atoms with van der Waals surface area (Å²) >= 11 is 0.708. The van der Waals surface area contributed by atoms with Crippen molar-refractivity contribution < 1.29 is 26.3 Å². The Labute approximate surface area is 128 Å². The molecule has 0 saturated carbocycles. The number of fused-ring (bicyclic) bond motifs is 1. The Morgan fingerprint density at radius 2 is 1.83 bits per heavy atom. The zero-order valence-electron chi connectivity index (χ0n) is 11.0. The first kappa shape index (κ1) is 15.7. The fourth-order valence-corrected chi connectivity index (χ4v) is 2.78. The van der Waals surface area contributed by atoms with Crippen LogP contribution in [0.3, 0.4) is 0 Å². The van der Waals surface area contributed by atoms with Crippen molar-refractivity contribution in [3.8, 4) is 0 Å². The second kappa shape index (κ2) is 5.18. The van der Waals surface area contributed by atoms with Crippen LogP contribution in [0.2, 0.25) is 0 Å². The number of aromatic nitrogens is 4. The number of thiazole rings is 1. The number of hydrogen-bond donors (Lipinski definition) is 0. The standard InChI is InChI=1S/C12H6F6N4S/c13-11(14,15)8-5-23-9(20-8)4-22-7-1-2-19-3-6(7)10(21-22)12(16,17)18/h1-3,5H,4H2. The van der Waals surface area contributed by atoms with Gasteiger partial charge in [-0.05, 0) is 6.07 Å². The van der Waals surface area contributed by atoms with Gasteiger partial charge in [0.1, 0.15) is 5.01 Å². The Morgan fingerprint density at radius 1 is 1.09 bits per heavy atom. The van der Waals surface area contributed by atoms with Crippen molar-refractivity contribution in [3.63, 3.8) is 0 Å². The number of nitrogens with zero attached hydrogens (tertiary/aromatic N) is 4. The van der Waals surface area contributed by atoms with Crippen LogP contribution in [0.5, 0.6) is 0 Å². The molecule has 0 saturated heterocycles. The maximum Gasteiger partial charge on any atom is 0.435 e. The lowest BCUT2D eigenvalue weighted by atomic mass is 10.2. The van der Waals surface area contributed by atoms with Crippen LogP contribution in [0.15, 0.2) is 23.8 Å². The quantitative estimate of drug-likeness (QED) is 0.656. The Hall–Kier alpha value is -2.17. The average molecular weight is 352 g/mol. The highest BCUT2D eigenvalue weighted by Crippen LogP contribution is 2.34. The van der Waals surface area contributed by atoms with Crippen LogP contribution in [0.25, 0.3) is 10.9 Å². The maximum atomic E-state index is 13.0. The van der Waals surface area contributed by atoms with Crippen molar-refractivity contribution in [1.29, 1.82) is 0 Å². The minimum Gasteiger partial charge on any atom is -0.264 e. The van der Waals surface area contributed by atoms with E-state index in [9.17, 15) is 26.3 Å². The largest absolute Gasteiger partial charge is 0.435 e. The van der Waals surface area contributed by atoms with E-state index in [1.54, 1.807) is 0 Å². The van der Waals surface area contributed by atoms with Crippen LogP contribution in [-0.4, -0.2) is 19.7 Å². The number of rotatable bonds is 2. The number of hydrogen-bond acceptors (Lipinski definition) is 4. The fourth-order valence-electron chi connectivity index (χ4n) is 1.99. The number of alkyl halides is 6. The predicted molar refractivity (Wildman–Crippen MR) is 68.7 cm³/mol. The molecule has 0 spiro atoms. The molecule has 0 aliphatic rings. The highest BCUT2D eigenvalue weighted by molar-refractivity contribution is 7.09. The average Bonchev–Trinajstić information content (AvgIpc) is 3.04. The Bertz CT molecular complexity index is 847. The van der Waals surface area contributed by atoms with Gasteiger partial charge in [-0.3, -0.25) is 9.67 Å². The van der Waals surface area contributed by atoms with Crippen molar-refractivity contribution in [2.75, 3.05) is 0 Å². The molecule has 3 aromatic rings. The Morgan fingerprint density at radius 3 is 2.43 bits per heavy atom. The Balaban J connectivity index is 2.02. The molecule has 0 N–H and O–H groups in total. The van der Waals surface area contributed by atoms with Crippen molar-refractivity contribution >= 4 is 22.2 Å². The first-order valence-corrected chi connectivity index (χ1v) is 6.93. The van der Waals surface area contributed by atoms with Crippen LogP contribution in [0, 0.1) is 0 Å². The van der Waals surface area contributed by atoms with E-state index in [-0.39, 0.29) is 22.5 Å². The summed E-state index contributed by atoms with van der Waals surface area (Å²) in [4.78, 5) is 7.02. The van der Waals surface area contributed by atoms with E-state index in [0.29, 0.717) is 11.3 Å². The smallest absolute Gasteiger partial charge is 0.264 e. The summed E-state index contributed by atoms with van der Waals surface area (Å²) in [6.07, 6.45) is -6.98. The van der Waals surface area contributed by atoms with Gasteiger partial charge in [-0.2, -0.15) is 31.4 Å². The fraction of sp³-hybridized carbons (Fsp3) is 0.250. The van der Waals surface area contributed by atoms with Gasteiger partial charge in [-0.15, -0.1) is 11.3 Å². The van der Waals surface area contributed by atoms with Gasteiger partial charge in [0.2, 0.25) is 0 Å². The molecule has 4 nitrogen and oxygen atoms in total. The third-order valence-electron chi connectivity index (χ3n) is 2.95. The van der Waals surface area contributed by atoms with E-state index < -0.39 is 23.7 Å². The molecule has 3 aromatic heterocycles. The third-order valence-corrected chi connectivity index (χ3v) is 3.78. The summed E-state index contributed by atoms with van der Waals surface area (Å²) in [6.45, 7) is -0.294. The zero-order chi connectivity index (χ0) is 16.8. The van der Waals surface area contributed by atoms with Crippen molar-refractivity contribution in [2.45, 2.75) is 18.9 Å². The van der Waals surface area contributed by atoms with E-state index in [0.717, 1.165) is 16.3 Å². The van der Waals surface area contributed by atoms with Gasteiger partial charge in [0, 0.05) is 17.8 Å². The van der Waals surface area contributed by atoms with Crippen LogP contribution in [0.1, 0.15) is 16.4 Å². The van der Waals surface area contributed by atoms with Gasteiger partial charge < -0.3 is 0 Å². The van der Waals surface area contributed by atoms with Gasteiger partial charge in [-0.25, -0.2) is 4.98 Å². The summed E-state index contributed by atoms with van der Waals surface area (Å²) in [5.41, 5.74) is -2.09. The number of halogens is 6. The van der Waals surface area contributed by atoms with Crippen molar-refractivity contribution in [3.05, 3.63) is 40.2 Å². The van der Waals surface area contributed by atoms with E-state index in [1.807, 2.05) is 0 Å². The van der Waals surface area contributed by atoms with Gasteiger partial charge in [0.05, 0.1) is 17.4 Å². The summed E-state index contributed by atoms with van der Waals surface area (Å²) in [7, 11) is 0. The molecule has 3 rings (SSSR count). The molecule has 0 aromatic carbocycles. The molecule has 122 valence electrons. The maximum absolute atomic E-state index is 13.0. The predicted octanol–water partition coefficient (Wildman–Crippen LogP) is 3.97. The number of pyridine rings is 1. The SMILES string of the molecule is FC(F)(F)c1csc(Cn2nc(C(F)(F)F)c3cnccc32)n1. The minimum absolute atomic E-state index is 0.00672. The minimum atomic E-state index is -4.69. The second-order valence-corrected chi connectivity index (χ2v) is 5.46. The second-order valence-electron chi connectivity index (χ2n) is 4.52. The molecule has 0 atom stereocenters. The van der Waals surface area contributed by atoms with Crippen molar-refractivity contribution in [2.24, 2.45) is 0 Å².